The molecule has 20 heavy (non-hydrogen) atoms. The summed E-state index contributed by atoms with van der Waals surface area (Å²) >= 11 is 0. The molecule has 0 radical (unpaired) electrons. The summed E-state index contributed by atoms with van der Waals surface area (Å²) in [5, 5.41) is 5.93. The van der Waals surface area contributed by atoms with Crippen molar-refractivity contribution in [3.8, 4) is 0 Å². The van der Waals surface area contributed by atoms with Gasteiger partial charge in [0.1, 0.15) is 9.84 Å². The Morgan fingerprint density at radius 1 is 1.35 bits per heavy atom. The molecule has 0 bridgehead atoms. The Bertz CT molecular complexity index is 626. The van der Waals surface area contributed by atoms with Crippen LogP contribution in [0, 0.1) is 0 Å². The summed E-state index contributed by atoms with van der Waals surface area (Å²) in [5.41, 5.74) is 9.07. The highest BCUT2D eigenvalue weighted by Crippen LogP contribution is 2.30. The van der Waals surface area contributed by atoms with E-state index in [0.717, 1.165) is 16.9 Å². The van der Waals surface area contributed by atoms with Gasteiger partial charge < -0.3 is 16.4 Å². The number of carbonyl (C=O) groups is 1. The first-order chi connectivity index (χ1) is 9.35. The number of nitrogens with two attached hydrogens (primary N) is 1. The molecule has 1 aromatic rings. The first-order valence-electron chi connectivity index (χ1n) is 6.49. The lowest BCUT2D eigenvalue weighted by Crippen LogP contribution is -2.19. The summed E-state index contributed by atoms with van der Waals surface area (Å²) in [5.74, 6) is 0.159. The minimum absolute atomic E-state index is 0.00533. The highest BCUT2D eigenvalue weighted by Gasteiger charge is 2.16. The normalized spacial score (nSPS) is 14.6. The van der Waals surface area contributed by atoms with Crippen LogP contribution in [0.3, 0.4) is 0 Å². The Balaban J connectivity index is 2.00. The van der Waals surface area contributed by atoms with Crippen LogP contribution in [0.15, 0.2) is 12.1 Å². The standard InChI is InChI=1S/C13H19N3O3S/c1-20(18,19)6-2-5-15-12-7-9-3-4-13(17)16-11(9)8-10(12)14/h7-8,15H,2-6,14H2,1H3,(H,16,17). The molecule has 1 aromatic carbocycles. The van der Waals surface area contributed by atoms with Gasteiger partial charge >= 0.3 is 0 Å². The molecular formula is C13H19N3O3S. The number of sulfone groups is 1. The highest BCUT2D eigenvalue weighted by atomic mass is 32.2. The van der Waals surface area contributed by atoms with Gasteiger partial charge in [0.2, 0.25) is 5.91 Å². The molecular weight excluding hydrogens is 278 g/mol. The number of nitrogens with one attached hydrogen (secondary N) is 2. The third-order valence-electron chi connectivity index (χ3n) is 3.18. The van der Waals surface area contributed by atoms with E-state index in [4.69, 9.17) is 5.73 Å². The molecule has 0 atom stereocenters. The average molecular weight is 297 g/mol. The Morgan fingerprint density at radius 2 is 2.10 bits per heavy atom. The van der Waals surface area contributed by atoms with Crippen molar-refractivity contribution in [3.63, 3.8) is 0 Å². The molecule has 0 unspecified atom stereocenters. The van der Waals surface area contributed by atoms with Crippen LogP contribution in [0.4, 0.5) is 17.1 Å². The van der Waals surface area contributed by atoms with Crippen molar-refractivity contribution in [3.05, 3.63) is 17.7 Å². The number of anilines is 3. The molecule has 0 aliphatic carbocycles. The molecule has 1 heterocycles. The summed E-state index contributed by atoms with van der Waals surface area (Å²) in [6.45, 7) is 0.544. The third-order valence-corrected chi connectivity index (χ3v) is 4.21. The summed E-state index contributed by atoms with van der Waals surface area (Å²) < 4.78 is 22.1. The maximum atomic E-state index is 11.3. The number of carbonyl (C=O) groups excluding carboxylic acids is 1. The van der Waals surface area contributed by atoms with E-state index in [1.165, 1.54) is 6.26 Å². The van der Waals surface area contributed by atoms with Crippen molar-refractivity contribution in [2.24, 2.45) is 0 Å². The first kappa shape index (κ1) is 14.6. The van der Waals surface area contributed by atoms with Crippen molar-refractivity contribution < 1.29 is 13.2 Å². The Morgan fingerprint density at radius 3 is 2.80 bits per heavy atom. The number of rotatable bonds is 5. The van der Waals surface area contributed by atoms with Crippen LogP contribution in [0.2, 0.25) is 0 Å². The lowest BCUT2D eigenvalue weighted by molar-refractivity contribution is -0.116. The van der Waals surface area contributed by atoms with Crippen LogP contribution in [-0.2, 0) is 21.1 Å². The monoisotopic (exact) mass is 297 g/mol. The molecule has 0 spiro atoms. The summed E-state index contributed by atoms with van der Waals surface area (Å²) in [4.78, 5) is 11.3. The third kappa shape index (κ3) is 3.86. The number of amides is 1. The second-order valence-electron chi connectivity index (χ2n) is 5.05. The minimum Gasteiger partial charge on any atom is -0.397 e. The Hall–Kier alpha value is -1.76. The van der Waals surface area contributed by atoms with Crippen molar-refractivity contribution >= 4 is 32.8 Å². The van der Waals surface area contributed by atoms with E-state index < -0.39 is 9.84 Å². The van der Waals surface area contributed by atoms with Gasteiger partial charge in [-0.2, -0.15) is 0 Å². The highest BCUT2D eigenvalue weighted by molar-refractivity contribution is 7.90. The Kier molecular flexibility index (Phi) is 4.17. The Labute approximate surface area is 118 Å². The molecule has 1 aliphatic rings. The van der Waals surface area contributed by atoms with Crippen molar-refractivity contribution in [2.75, 3.05) is 34.9 Å². The summed E-state index contributed by atoms with van der Waals surface area (Å²) in [6, 6.07) is 3.66. The number of fused-ring (bicyclic) bond motifs is 1. The zero-order valence-electron chi connectivity index (χ0n) is 11.4. The fourth-order valence-corrected chi connectivity index (χ4v) is 2.82. The van der Waals surface area contributed by atoms with Gasteiger partial charge in [0.25, 0.3) is 0 Å². The smallest absolute Gasteiger partial charge is 0.224 e. The van der Waals surface area contributed by atoms with Gasteiger partial charge in [-0.15, -0.1) is 0 Å². The minimum atomic E-state index is -2.93. The first-order valence-corrected chi connectivity index (χ1v) is 8.55. The predicted molar refractivity (Wildman–Crippen MR) is 80.6 cm³/mol. The molecule has 0 aromatic heterocycles. The maximum absolute atomic E-state index is 11.3. The number of nitrogen functional groups attached to an aromatic ring is 1. The summed E-state index contributed by atoms with van der Waals surface area (Å²) in [6.07, 6.45) is 2.93. The molecule has 4 N–H and O–H groups in total. The number of benzene rings is 1. The van der Waals surface area contributed by atoms with Gasteiger partial charge in [-0.05, 0) is 30.5 Å². The SMILES string of the molecule is CS(=O)(=O)CCCNc1cc2c(cc1N)NC(=O)CC2. The van der Waals surface area contributed by atoms with Crippen molar-refractivity contribution in [1.82, 2.24) is 0 Å². The molecule has 1 aliphatic heterocycles. The molecule has 110 valence electrons. The molecule has 0 saturated heterocycles. The number of hydrogen-bond donors (Lipinski definition) is 3. The quantitative estimate of drug-likeness (QED) is 0.556. The van der Waals surface area contributed by atoms with E-state index in [0.29, 0.717) is 31.5 Å². The zero-order valence-corrected chi connectivity index (χ0v) is 12.2. The van der Waals surface area contributed by atoms with Crippen molar-refractivity contribution in [2.45, 2.75) is 19.3 Å². The molecule has 1 amide bonds. The van der Waals surface area contributed by atoms with Crippen LogP contribution in [0.1, 0.15) is 18.4 Å². The fourth-order valence-electron chi connectivity index (χ4n) is 2.16. The number of hydrogen-bond acceptors (Lipinski definition) is 5. The van der Waals surface area contributed by atoms with E-state index in [2.05, 4.69) is 10.6 Å². The van der Waals surface area contributed by atoms with Gasteiger partial charge in [-0.3, -0.25) is 4.79 Å². The molecule has 7 heteroatoms. The van der Waals surface area contributed by atoms with Gasteiger partial charge in [0.05, 0.1) is 17.1 Å². The topological polar surface area (TPSA) is 101 Å². The average Bonchev–Trinajstić information content (AvgIpc) is 2.34. The zero-order chi connectivity index (χ0) is 14.8. The van der Waals surface area contributed by atoms with Gasteiger partial charge in [-0.25, -0.2) is 8.42 Å². The van der Waals surface area contributed by atoms with Crippen molar-refractivity contribution in [1.29, 1.82) is 0 Å². The van der Waals surface area contributed by atoms with E-state index in [1.807, 2.05) is 6.07 Å². The van der Waals surface area contributed by atoms with Crippen LogP contribution >= 0.6 is 0 Å². The lowest BCUT2D eigenvalue weighted by atomic mass is 10.0. The van der Waals surface area contributed by atoms with E-state index in [9.17, 15) is 13.2 Å². The van der Waals surface area contributed by atoms with Gasteiger partial charge in [0.15, 0.2) is 0 Å². The molecule has 6 nitrogen and oxygen atoms in total. The van der Waals surface area contributed by atoms with Gasteiger partial charge in [0, 0.05) is 24.9 Å². The summed E-state index contributed by atoms with van der Waals surface area (Å²) in [7, 11) is -2.93. The maximum Gasteiger partial charge on any atom is 0.224 e. The van der Waals surface area contributed by atoms with Gasteiger partial charge in [-0.1, -0.05) is 0 Å². The lowest BCUT2D eigenvalue weighted by Gasteiger charge is -2.19. The number of aryl methyl sites for hydroxylation is 1. The second kappa shape index (κ2) is 5.70. The van der Waals surface area contributed by atoms with E-state index in [-0.39, 0.29) is 11.7 Å². The van der Waals surface area contributed by atoms with Crippen LogP contribution in [0.25, 0.3) is 0 Å². The molecule has 0 fully saturated rings. The predicted octanol–water partition coefficient (Wildman–Crippen LogP) is 1.00. The van der Waals surface area contributed by atoms with E-state index >= 15 is 0 Å². The van der Waals surface area contributed by atoms with Crippen LogP contribution in [-0.4, -0.2) is 32.9 Å². The van der Waals surface area contributed by atoms with Crippen LogP contribution in [0.5, 0.6) is 0 Å². The molecule has 2 rings (SSSR count). The fraction of sp³-hybridized carbons (Fsp3) is 0.462. The second-order valence-corrected chi connectivity index (χ2v) is 7.31. The largest absolute Gasteiger partial charge is 0.397 e. The van der Waals surface area contributed by atoms with E-state index in [1.54, 1.807) is 6.07 Å². The van der Waals surface area contributed by atoms with Crippen LogP contribution < -0.4 is 16.4 Å². The molecule has 0 saturated carbocycles.